The van der Waals surface area contributed by atoms with Crippen molar-refractivity contribution in [2.24, 2.45) is 0 Å². The number of rotatable bonds is 7. The monoisotopic (exact) mass is 345 g/mol. The molecule has 0 aromatic heterocycles. The maximum Gasteiger partial charge on any atom is 0.220 e. The van der Waals surface area contributed by atoms with Gasteiger partial charge in [0.05, 0.1) is 6.04 Å². The number of halogens is 1. The molecule has 0 heterocycles. The number of nitrogens with one attached hydrogen (secondary N) is 1. The summed E-state index contributed by atoms with van der Waals surface area (Å²) in [6.07, 6.45) is 1.16. The van der Waals surface area contributed by atoms with Gasteiger partial charge in [-0.2, -0.15) is 0 Å². The smallest absolute Gasteiger partial charge is 0.220 e. The van der Waals surface area contributed by atoms with E-state index < -0.39 is 0 Å². The van der Waals surface area contributed by atoms with Crippen molar-refractivity contribution in [3.05, 3.63) is 64.2 Å². The Morgan fingerprint density at radius 1 is 1.12 bits per heavy atom. The van der Waals surface area contributed by atoms with Crippen molar-refractivity contribution >= 4 is 17.5 Å². The van der Waals surface area contributed by atoms with Crippen molar-refractivity contribution in [2.45, 2.75) is 39.7 Å². The first-order valence-electron chi connectivity index (χ1n) is 8.18. The van der Waals surface area contributed by atoms with E-state index in [0.29, 0.717) is 24.5 Å². The number of ether oxygens (including phenoxy) is 1. The quantitative estimate of drug-likeness (QED) is 0.803. The Morgan fingerprint density at radius 3 is 2.50 bits per heavy atom. The first-order valence-corrected chi connectivity index (χ1v) is 8.55. The molecule has 4 heteroatoms. The van der Waals surface area contributed by atoms with Crippen LogP contribution in [0.25, 0.3) is 0 Å². The number of carbonyl (C=O) groups excluding carboxylic acids is 1. The van der Waals surface area contributed by atoms with Crippen LogP contribution < -0.4 is 10.1 Å². The highest BCUT2D eigenvalue weighted by molar-refractivity contribution is 6.30. The van der Waals surface area contributed by atoms with Gasteiger partial charge in [-0.3, -0.25) is 4.79 Å². The lowest BCUT2D eigenvalue weighted by molar-refractivity contribution is -0.121. The third-order valence-corrected chi connectivity index (χ3v) is 4.19. The number of hydrogen-bond acceptors (Lipinski definition) is 2. The summed E-state index contributed by atoms with van der Waals surface area (Å²) in [4.78, 5) is 12.0. The molecule has 2 aromatic rings. The van der Waals surface area contributed by atoms with Gasteiger partial charge in [-0.15, -0.1) is 0 Å². The van der Waals surface area contributed by atoms with E-state index in [-0.39, 0.29) is 11.9 Å². The second-order valence-electron chi connectivity index (χ2n) is 6.15. The van der Waals surface area contributed by atoms with E-state index in [1.807, 2.05) is 49.4 Å². The van der Waals surface area contributed by atoms with Crippen molar-refractivity contribution in [3.63, 3.8) is 0 Å². The highest BCUT2D eigenvalue weighted by Gasteiger charge is 2.09. The topological polar surface area (TPSA) is 38.3 Å². The van der Waals surface area contributed by atoms with Crippen LogP contribution >= 0.6 is 11.6 Å². The van der Waals surface area contributed by atoms with Crippen LogP contribution in [-0.4, -0.2) is 18.6 Å². The third-order valence-electron chi connectivity index (χ3n) is 3.94. The zero-order valence-electron chi connectivity index (χ0n) is 14.4. The third kappa shape index (κ3) is 5.89. The van der Waals surface area contributed by atoms with Gasteiger partial charge < -0.3 is 10.1 Å². The van der Waals surface area contributed by atoms with Gasteiger partial charge in [0, 0.05) is 11.4 Å². The molecule has 24 heavy (non-hydrogen) atoms. The Hall–Kier alpha value is -2.00. The molecule has 0 spiro atoms. The van der Waals surface area contributed by atoms with Crippen LogP contribution in [0.5, 0.6) is 5.75 Å². The maximum atomic E-state index is 12.0. The Kier molecular flexibility index (Phi) is 6.68. The predicted octanol–water partition coefficient (Wildman–Crippen LogP) is 4.47. The van der Waals surface area contributed by atoms with Crippen LogP contribution in [-0.2, 0) is 11.2 Å². The standard InChI is InChI=1S/C20H24ClNO2/c1-14-4-10-19(12-15(14)2)24-13-16(3)22-20(23)11-7-17-5-8-18(21)9-6-17/h4-6,8-10,12,16H,7,11,13H2,1-3H3,(H,22,23)/t16-/m1/s1. The van der Waals surface area contributed by atoms with E-state index >= 15 is 0 Å². The molecule has 0 aliphatic carbocycles. The lowest BCUT2D eigenvalue weighted by Crippen LogP contribution is -2.36. The first kappa shape index (κ1) is 18.3. The molecular formula is C20H24ClNO2. The van der Waals surface area contributed by atoms with E-state index in [4.69, 9.17) is 16.3 Å². The molecular weight excluding hydrogens is 322 g/mol. The molecule has 0 bridgehead atoms. The van der Waals surface area contributed by atoms with Crippen molar-refractivity contribution < 1.29 is 9.53 Å². The van der Waals surface area contributed by atoms with E-state index in [2.05, 4.69) is 19.2 Å². The van der Waals surface area contributed by atoms with Gasteiger partial charge in [0.1, 0.15) is 12.4 Å². The number of hydrogen-bond donors (Lipinski definition) is 1. The summed E-state index contributed by atoms with van der Waals surface area (Å²) < 4.78 is 5.75. The average molecular weight is 346 g/mol. The summed E-state index contributed by atoms with van der Waals surface area (Å²) in [5.74, 6) is 0.862. The van der Waals surface area contributed by atoms with Gasteiger partial charge in [-0.25, -0.2) is 0 Å². The lowest BCUT2D eigenvalue weighted by Gasteiger charge is -2.15. The zero-order valence-corrected chi connectivity index (χ0v) is 15.2. The van der Waals surface area contributed by atoms with Crippen LogP contribution in [0.1, 0.15) is 30.0 Å². The SMILES string of the molecule is Cc1ccc(OC[C@@H](C)NC(=O)CCc2ccc(Cl)cc2)cc1C. The molecule has 2 rings (SSSR count). The molecule has 0 saturated heterocycles. The molecule has 1 N–H and O–H groups in total. The van der Waals surface area contributed by atoms with E-state index in [1.54, 1.807) is 0 Å². The summed E-state index contributed by atoms with van der Waals surface area (Å²) in [5, 5.41) is 3.68. The Labute approximate surface area is 149 Å². The lowest BCUT2D eigenvalue weighted by atomic mass is 10.1. The highest BCUT2D eigenvalue weighted by Crippen LogP contribution is 2.16. The van der Waals surface area contributed by atoms with Crippen molar-refractivity contribution in [1.82, 2.24) is 5.32 Å². The summed E-state index contributed by atoms with van der Waals surface area (Å²) in [5.41, 5.74) is 3.55. The minimum Gasteiger partial charge on any atom is -0.491 e. The second kappa shape index (κ2) is 8.74. The van der Waals surface area contributed by atoms with E-state index in [0.717, 1.165) is 11.3 Å². The molecule has 0 aliphatic heterocycles. The first-order chi connectivity index (χ1) is 11.4. The average Bonchev–Trinajstić information content (AvgIpc) is 2.55. The Bertz CT molecular complexity index is 683. The Morgan fingerprint density at radius 2 is 1.83 bits per heavy atom. The van der Waals surface area contributed by atoms with Crippen LogP contribution in [0, 0.1) is 13.8 Å². The normalized spacial score (nSPS) is 11.8. The largest absolute Gasteiger partial charge is 0.491 e. The number of aryl methyl sites for hydroxylation is 3. The Balaban J connectivity index is 1.72. The number of amides is 1. The van der Waals surface area contributed by atoms with E-state index in [9.17, 15) is 4.79 Å². The molecule has 0 radical (unpaired) electrons. The molecule has 1 amide bonds. The fourth-order valence-electron chi connectivity index (χ4n) is 2.32. The summed E-state index contributed by atoms with van der Waals surface area (Å²) in [6, 6.07) is 13.6. The second-order valence-corrected chi connectivity index (χ2v) is 6.59. The molecule has 1 atom stereocenters. The van der Waals surface area contributed by atoms with Gasteiger partial charge in [0.15, 0.2) is 0 Å². The summed E-state index contributed by atoms with van der Waals surface area (Å²) in [7, 11) is 0. The summed E-state index contributed by atoms with van der Waals surface area (Å²) >= 11 is 5.85. The van der Waals surface area contributed by atoms with Crippen LogP contribution in [0.2, 0.25) is 5.02 Å². The predicted molar refractivity (Wildman–Crippen MR) is 98.8 cm³/mol. The summed E-state index contributed by atoms with van der Waals surface area (Å²) in [6.45, 7) is 6.53. The van der Waals surface area contributed by atoms with Crippen LogP contribution in [0.3, 0.4) is 0 Å². The van der Waals surface area contributed by atoms with Crippen molar-refractivity contribution in [1.29, 1.82) is 0 Å². The molecule has 0 fully saturated rings. The molecule has 0 saturated carbocycles. The fourth-order valence-corrected chi connectivity index (χ4v) is 2.45. The van der Waals surface area contributed by atoms with Crippen LogP contribution in [0.4, 0.5) is 0 Å². The van der Waals surface area contributed by atoms with Crippen molar-refractivity contribution in [3.8, 4) is 5.75 Å². The van der Waals surface area contributed by atoms with Gasteiger partial charge >= 0.3 is 0 Å². The molecule has 0 unspecified atom stereocenters. The molecule has 3 nitrogen and oxygen atoms in total. The van der Waals surface area contributed by atoms with Gasteiger partial charge in [-0.05, 0) is 68.1 Å². The minimum absolute atomic E-state index is 0.0288. The van der Waals surface area contributed by atoms with Gasteiger partial charge in [-0.1, -0.05) is 29.8 Å². The highest BCUT2D eigenvalue weighted by atomic mass is 35.5. The van der Waals surface area contributed by atoms with E-state index in [1.165, 1.54) is 11.1 Å². The fraction of sp³-hybridized carbons (Fsp3) is 0.350. The van der Waals surface area contributed by atoms with Crippen molar-refractivity contribution in [2.75, 3.05) is 6.61 Å². The maximum absolute atomic E-state index is 12.0. The minimum atomic E-state index is -0.0377. The number of benzene rings is 2. The number of carbonyl (C=O) groups is 1. The molecule has 128 valence electrons. The zero-order chi connectivity index (χ0) is 17.5. The molecule has 2 aromatic carbocycles. The molecule has 0 aliphatic rings. The van der Waals surface area contributed by atoms with Gasteiger partial charge in [0.2, 0.25) is 5.91 Å². The van der Waals surface area contributed by atoms with Gasteiger partial charge in [0.25, 0.3) is 0 Å². The van der Waals surface area contributed by atoms with Crippen LogP contribution in [0.15, 0.2) is 42.5 Å².